The summed E-state index contributed by atoms with van der Waals surface area (Å²) < 4.78 is 31.1. The lowest BCUT2D eigenvalue weighted by atomic mass is 10.3. The van der Waals surface area contributed by atoms with Crippen LogP contribution in [0.1, 0.15) is 0 Å². The van der Waals surface area contributed by atoms with Gasteiger partial charge in [0.2, 0.25) is 0 Å². The Labute approximate surface area is 85.9 Å². The van der Waals surface area contributed by atoms with Gasteiger partial charge in [0.25, 0.3) is 0 Å². The zero-order chi connectivity index (χ0) is 10.7. The van der Waals surface area contributed by atoms with E-state index >= 15 is 0 Å². The van der Waals surface area contributed by atoms with E-state index in [4.69, 9.17) is 4.74 Å². The molecule has 3 heteroatoms. The van der Waals surface area contributed by atoms with Crippen LogP contribution in [-0.2, 0) is 0 Å². The van der Waals surface area contributed by atoms with Gasteiger partial charge in [-0.2, -0.15) is 0 Å². The van der Waals surface area contributed by atoms with Gasteiger partial charge in [0.15, 0.2) is 11.6 Å². The molecule has 75 valence electrons. The van der Waals surface area contributed by atoms with Gasteiger partial charge in [-0.05, 0) is 30.3 Å². The van der Waals surface area contributed by atoms with Crippen LogP contribution in [0.4, 0.5) is 8.78 Å². The average Bonchev–Trinajstić information content (AvgIpc) is 2.25. The second kappa shape index (κ2) is 4.09. The Hall–Kier alpha value is -1.90. The molecule has 2 rings (SSSR count). The molecule has 0 aliphatic rings. The highest BCUT2D eigenvalue weighted by Crippen LogP contribution is 2.24. The van der Waals surface area contributed by atoms with Gasteiger partial charge in [0.05, 0.1) is 0 Å². The average molecular weight is 205 g/mol. The van der Waals surface area contributed by atoms with Gasteiger partial charge in [-0.25, -0.2) is 8.78 Å². The van der Waals surface area contributed by atoms with Crippen LogP contribution in [0.15, 0.2) is 42.5 Å². The molecule has 15 heavy (non-hydrogen) atoms. The van der Waals surface area contributed by atoms with E-state index < -0.39 is 11.6 Å². The van der Waals surface area contributed by atoms with E-state index in [-0.39, 0.29) is 5.75 Å². The smallest absolute Gasteiger partial charge is 0.165 e. The summed E-state index contributed by atoms with van der Waals surface area (Å²) in [7, 11) is 0. The number of hydrogen-bond donors (Lipinski definition) is 0. The van der Waals surface area contributed by atoms with Crippen molar-refractivity contribution < 1.29 is 13.5 Å². The molecule has 0 heterocycles. The maximum atomic E-state index is 13.2. The molecule has 0 bridgehead atoms. The minimum absolute atomic E-state index is 0.124. The minimum Gasteiger partial charge on any atom is -0.454 e. The SMILES string of the molecule is Fc1ccc(F)c(Oc2cc[c]cc2)c1. The zero-order valence-electron chi connectivity index (χ0n) is 7.71. The number of hydrogen-bond acceptors (Lipinski definition) is 1. The van der Waals surface area contributed by atoms with Crippen LogP contribution < -0.4 is 4.74 Å². The molecule has 0 atom stereocenters. The van der Waals surface area contributed by atoms with Gasteiger partial charge >= 0.3 is 0 Å². The molecule has 0 spiro atoms. The van der Waals surface area contributed by atoms with E-state index in [2.05, 4.69) is 6.07 Å². The summed E-state index contributed by atoms with van der Waals surface area (Å²) in [6.07, 6.45) is 0. The molecule has 2 aromatic rings. The van der Waals surface area contributed by atoms with Crippen LogP contribution in [0.2, 0.25) is 0 Å². The van der Waals surface area contributed by atoms with Gasteiger partial charge in [0, 0.05) is 6.07 Å². The third kappa shape index (κ3) is 2.31. The van der Waals surface area contributed by atoms with Gasteiger partial charge in [-0.15, -0.1) is 0 Å². The molecule has 0 N–H and O–H groups in total. The first-order valence-electron chi connectivity index (χ1n) is 4.35. The van der Waals surface area contributed by atoms with Crippen LogP contribution >= 0.6 is 0 Å². The monoisotopic (exact) mass is 205 g/mol. The molecule has 1 radical (unpaired) electrons. The van der Waals surface area contributed by atoms with Crippen molar-refractivity contribution in [3.05, 3.63) is 60.2 Å². The molecule has 1 nitrogen and oxygen atoms in total. The van der Waals surface area contributed by atoms with Crippen molar-refractivity contribution >= 4 is 0 Å². The highest BCUT2D eigenvalue weighted by Gasteiger charge is 2.05. The highest BCUT2D eigenvalue weighted by atomic mass is 19.1. The second-order valence-electron chi connectivity index (χ2n) is 2.91. The summed E-state index contributed by atoms with van der Waals surface area (Å²) in [5.41, 5.74) is 0. The Kier molecular flexibility index (Phi) is 2.63. The second-order valence-corrected chi connectivity index (χ2v) is 2.91. The van der Waals surface area contributed by atoms with E-state index in [0.29, 0.717) is 5.75 Å². The number of benzene rings is 2. The zero-order valence-corrected chi connectivity index (χ0v) is 7.71. The van der Waals surface area contributed by atoms with Crippen molar-refractivity contribution in [2.75, 3.05) is 0 Å². The molecule has 0 saturated carbocycles. The molecule has 2 aromatic carbocycles. The van der Waals surface area contributed by atoms with Crippen LogP contribution in [0.25, 0.3) is 0 Å². The van der Waals surface area contributed by atoms with E-state index in [1.807, 2.05) is 0 Å². The Balaban J connectivity index is 2.28. The normalized spacial score (nSPS) is 10.0. The molecular weight excluding hydrogens is 198 g/mol. The van der Waals surface area contributed by atoms with Gasteiger partial charge in [-0.3, -0.25) is 0 Å². The number of halogens is 2. The summed E-state index contributed by atoms with van der Waals surface area (Å²) in [6.45, 7) is 0. The number of ether oxygens (including phenoxy) is 1. The standard InChI is InChI=1S/C12H7F2O/c13-9-6-7-11(14)12(8-9)15-10-4-2-1-3-5-10/h2-8H. The lowest BCUT2D eigenvalue weighted by molar-refractivity contribution is 0.436. The fraction of sp³-hybridized carbons (Fsp3) is 0. The molecule has 0 aliphatic carbocycles. The maximum Gasteiger partial charge on any atom is 0.165 e. The highest BCUT2D eigenvalue weighted by molar-refractivity contribution is 5.31. The van der Waals surface area contributed by atoms with Crippen molar-refractivity contribution in [1.29, 1.82) is 0 Å². The fourth-order valence-electron chi connectivity index (χ4n) is 1.12. The lowest BCUT2D eigenvalue weighted by Gasteiger charge is -2.05. The maximum absolute atomic E-state index is 13.2. The fourth-order valence-corrected chi connectivity index (χ4v) is 1.12. The summed E-state index contributed by atoms with van der Waals surface area (Å²) in [4.78, 5) is 0. The minimum atomic E-state index is -0.593. The Bertz CT molecular complexity index is 454. The van der Waals surface area contributed by atoms with Crippen molar-refractivity contribution in [2.45, 2.75) is 0 Å². The molecular formula is C12H7F2O. The van der Waals surface area contributed by atoms with Gasteiger partial charge in [-0.1, -0.05) is 12.1 Å². The van der Waals surface area contributed by atoms with Crippen molar-refractivity contribution in [3.63, 3.8) is 0 Å². The van der Waals surface area contributed by atoms with Gasteiger partial charge in [0.1, 0.15) is 11.6 Å². The topological polar surface area (TPSA) is 9.23 Å². The first-order valence-corrected chi connectivity index (χ1v) is 4.35. The van der Waals surface area contributed by atoms with Crippen molar-refractivity contribution in [3.8, 4) is 11.5 Å². The predicted octanol–water partition coefficient (Wildman–Crippen LogP) is 3.56. The Morgan fingerprint density at radius 2 is 1.73 bits per heavy atom. The third-order valence-corrected chi connectivity index (χ3v) is 1.81. The number of rotatable bonds is 2. The van der Waals surface area contributed by atoms with E-state index in [9.17, 15) is 8.78 Å². The Morgan fingerprint density at radius 3 is 2.47 bits per heavy atom. The first-order chi connectivity index (χ1) is 7.25. The molecule has 0 saturated heterocycles. The molecule has 0 aliphatic heterocycles. The van der Waals surface area contributed by atoms with Crippen molar-refractivity contribution in [2.24, 2.45) is 0 Å². The van der Waals surface area contributed by atoms with Crippen LogP contribution in [0, 0.1) is 17.7 Å². The van der Waals surface area contributed by atoms with E-state index in [1.165, 1.54) is 0 Å². The first kappa shape index (κ1) is 9.65. The lowest BCUT2D eigenvalue weighted by Crippen LogP contribution is -1.89. The van der Waals surface area contributed by atoms with E-state index in [1.54, 1.807) is 24.3 Å². The summed E-state index contributed by atoms with van der Waals surface area (Å²) in [5, 5.41) is 0. The molecule has 0 unspecified atom stereocenters. The Morgan fingerprint density at radius 1 is 1.00 bits per heavy atom. The summed E-state index contributed by atoms with van der Waals surface area (Å²) in [6, 6.07) is 12.4. The molecule has 0 amide bonds. The van der Waals surface area contributed by atoms with Crippen LogP contribution in [0.5, 0.6) is 11.5 Å². The van der Waals surface area contributed by atoms with E-state index in [0.717, 1.165) is 18.2 Å². The van der Waals surface area contributed by atoms with Crippen LogP contribution in [-0.4, -0.2) is 0 Å². The largest absolute Gasteiger partial charge is 0.454 e. The third-order valence-electron chi connectivity index (χ3n) is 1.81. The molecule has 0 fully saturated rings. The van der Waals surface area contributed by atoms with Crippen LogP contribution in [0.3, 0.4) is 0 Å². The molecule has 0 aromatic heterocycles. The quantitative estimate of drug-likeness (QED) is 0.728. The summed E-state index contributed by atoms with van der Waals surface area (Å²) >= 11 is 0. The van der Waals surface area contributed by atoms with Crippen molar-refractivity contribution in [1.82, 2.24) is 0 Å². The summed E-state index contributed by atoms with van der Waals surface area (Å²) in [5.74, 6) is -0.808. The predicted molar refractivity (Wildman–Crippen MR) is 51.7 cm³/mol. The van der Waals surface area contributed by atoms with Gasteiger partial charge < -0.3 is 4.74 Å².